The van der Waals surface area contributed by atoms with Crippen LogP contribution in [0.4, 0.5) is 0 Å². The maximum absolute atomic E-state index is 13.7. The van der Waals surface area contributed by atoms with Crippen molar-refractivity contribution in [3.8, 4) is 5.75 Å². The molecule has 1 fully saturated rings. The molecule has 2 aromatic carbocycles. The van der Waals surface area contributed by atoms with Gasteiger partial charge in [-0.25, -0.2) is 0 Å². The molecule has 1 aromatic heterocycles. The minimum atomic E-state index is -0.316. The molecule has 0 radical (unpaired) electrons. The first kappa shape index (κ1) is 24.4. The van der Waals surface area contributed by atoms with E-state index in [4.69, 9.17) is 39.5 Å². The van der Waals surface area contributed by atoms with Crippen LogP contribution in [0.5, 0.6) is 5.75 Å². The van der Waals surface area contributed by atoms with Crippen molar-refractivity contribution in [3.63, 3.8) is 0 Å². The lowest BCUT2D eigenvalue weighted by atomic mass is 9.93. The Labute approximate surface area is 223 Å². The Hall–Kier alpha value is -2.25. The standard InChI is InChI=1S/C26H23Cl3N2O3S/c27-16-1-6-19(7-2-16)34-15-25(33)31(18-4-5-18)14-24(32)30-11-9-23-21(10-12-35-23)26(30)20-8-3-17(28)13-22(20)29/h1-3,6-8,10,12-13,18,26H,4-5,9,11,14-15H2. The van der Waals surface area contributed by atoms with Gasteiger partial charge in [-0.2, -0.15) is 0 Å². The van der Waals surface area contributed by atoms with E-state index >= 15 is 0 Å². The molecule has 0 spiro atoms. The van der Waals surface area contributed by atoms with Crippen LogP contribution in [0.25, 0.3) is 0 Å². The molecular formula is C26H23Cl3N2O3S. The van der Waals surface area contributed by atoms with Crippen LogP contribution in [0.2, 0.25) is 15.1 Å². The van der Waals surface area contributed by atoms with Gasteiger partial charge in [0.25, 0.3) is 5.91 Å². The lowest BCUT2D eigenvalue weighted by molar-refractivity contribution is -0.143. The highest BCUT2D eigenvalue weighted by Gasteiger charge is 2.38. The number of amides is 2. The van der Waals surface area contributed by atoms with Crippen LogP contribution in [-0.2, 0) is 16.0 Å². The predicted octanol–water partition coefficient (Wildman–Crippen LogP) is 6.25. The summed E-state index contributed by atoms with van der Waals surface area (Å²) in [5, 5.41) is 3.71. The van der Waals surface area contributed by atoms with Gasteiger partial charge in [0.2, 0.25) is 5.91 Å². The van der Waals surface area contributed by atoms with Gasteiger partial charge in [-0.05, 0) is 78.2 Å². The van der Waals surface area contributed by atoms with Crippen molar-refractivity contribution in [1.82, 2.24) is 9.80 Å². The van der Waals surface area contributed by atoms with Crippen molar-refractivity contribution in [1.29, 1.82) is 0 Å². The zero-order valence-corrected chi connectivity index (χ0v) is 21.8. The Balaban J connectivity index is 1.34. The van der Waals surface area contributed by atoms with Gasteiger partial charge in [-0.1, -0.05) is 40.9 Å². The van der Waals surface area contributed by atoms with E-state index in [1.807, 2.05) is 16.3 Å². The Morgan fingerprint density at radius 3 is 2.46 bits per heavy atom. The fourth-order valence-corrected chi connectivity index (χ4v) is 5.99. The summed E-state index contributed by atoms with van der Waals surface area (Å²) in [7, 11) is 0. The third-order valence-corrected chi connectivity index (χ3v) is 8.14. The number of thiophene rings is 1. The Morgan fingerprint density at radius 1 is 1.00 bits per heavy atom. The number of nitrogens with zero attached hydrogens (tertiary/aromatic N) is 2. The van der Waals surface area contributed by atoms with E-state index in [0.717, 1.165) is 30.4 Å². The summed E-state index contributed by atoms with van der Waals surface area (Å²) in [4.78, 5) is 31.5. The minimum Gasteiger partial charge on any atom is -0.484 e. The third kappa shape index (κ3) is 5.46. The van der Waals surface area contributed by atoms with Gasteiger partial charge < -0.3 is 14.5 Å². The van der Waals surface area contributed by atoms with Crippen molar-refractivity contribution in [2.75, 3.05) is 19.7 Å². The van der Waals surface area contributed by atoms with Gasteiger partial charge in [0.15, 0.2) is 6.61 Å². The molecule has 35 heavy (non-hydrogen) atoms. The van der Waals surface area contributed by atoms with Gasteiger partial charge in [0.1, 0.15) is 12.3 Å². The van der Waals surface area contributed by atoms with Gasteiger partial charge in [0, 0.05) is 32.5 Å². The number of hydrogen-bond donors (Lipinski definition) is 0. The molecule has 5 nitrogen and oxygen atoms in total. The Morgan fingerprint density at radius 2 is 1.74 bits per heavy atom. The first-order valence-corrected chi connectivity index (χ1v) is 13.4. The summed E-state index contributed by atoms with van der Waals surface area (Å²) < 4.78 is 5.66. The van der Waals surface area contributed by atoms with E-state index in [1.54, 1.807) is 52.6 Å². The summed E-state index contributed by atoms with van der Waals surface area (Å²) in [6.07, 6.45) is 2.56. The SMILES string of the molecule is O=C(COc1ccc(Cl)cc1)N(CC(=O)N1CCc2sccc2C1c1ccc(Cl)cc1Cl)C1CC1. The topological polar surface area (TPSA) is 49.9 Å². The molecule has 1 aliphatic heterocycles. The van der Waals surface area contributed by atoms with E-state index in [0.29, 0.717) is 27.4 Å². The second kappa shape index (κ2) is 10.4. The fraction of sp³-hybridized carbons (Fsp3) is 0.308. The van der Waals surface area contributed by atoms with Crippen LogP contribution in [0.15, 0.2) is 53.9 Å². The zero-order valence-electron chi connectivity index (χ0n) is 18.8. The molecule has 5 rings (SSSR count). The third-order valence-electron chi connectivity index (χ3n) is 6.33. The van der Waals surface area contributed by atoms with Crippen LogP contribution in [0, 0.1) is 0 Å². The second-order valence-corrected chi connectivity index (χ2v) is 11.0. The van der Waals surface area contributed by atoms with E-state index in [9.17, 15) is 9.59 Å². The molecule has 182 valence electrons. The molecule has 0 N–H and O–H groups in total. The maximum Gasteiger partial charge on any atom is 0.261 e. The molecule has 1 unspecified atom stereocenters. The molecule has 1 saturated carbocycles. The largest absolute Gasteiger partial charge is 0.484 e. The molecule has 2 amide bonds. The highest BCUT2D eigenvalue weighted by atomic mass is 35.5. The van der Waals surface area contributed by atoms with E-state index in [1.165, 1.54) is 4.88 Å². The normalized spacial score (nSPS) is 17.1. The summed E-state index contributed by atoms with van der Waals surface area (Å²) in [5.41, 5.74) is 1.91. The predicted molar refractivity (Wildman–Crippen MR) is 140 cm³/mol. The highest BCUT2D eigenvalue weighted by molar-refractivity contribution is 7.10. The molecule has 3 aromatic rings. The van der Waals surface area contributed by atoms with Crippen molar-refractivity contribution < 1.29 is 14.3 Å². The number of fused-ring (bicyclic) bond motifs is 1. The van der Waals surface area contributed by atoms with Gasteiger partial charge in [-0.3, -0.25) is 9.59 Å². The summed E-state index contributed by atoms with van der Waals surface area (Å²) >= 11 is 20.3. The molecule has 1 atom stereocenters. The number of carbonyl (C=O) groups is 2. The second-order valence-electron chi connectivity index (χ2n) is 8.70. The first-order valence-electron chi connectivity index (χ1n) is 11.4. The minimum absolute atomic E-state index is 0.00859. The zero-order chi connectivity index (χ0) is 24.5. The number of benzene rings is 2. The fourth-order valence-electron chi connectivity index (χ4n) is 4.45. The molecule has 0 saturated heterocycles. The van der Waals surface area contributed by atoms with E-state index < -0.39 is 0 Å². The van der Waals surface area contributed by atoms with Gasteiger partial charge >= 0.3 is 0 Å². The number of ether oxygens (including phenoxy) is 1. The van der Waals surface area contributed by atoms with Crippen LogP contribution in [-0.4, -0.2) is 47.4 Å². The van der Waals surface area contributed by atoms with Gasteiger partial charge in [-0.15, -0.1) is 11.3 Å². The summed E-state index contributed by atoms with van der Waals surface area (Å²) in [6, 6.07) is 14.0. The molecule has 2 aliphatic rings. The smallest absolute Gasteiger partial charge is 0.261 e. The van der Waals surface area contributed by atoms with Crippen molar-refractivity contribution >= 4 is 58.0 Å². The van der Waals surface area contributed by atoms with Crippen LogP contribution >= 0.6 is 46.1 Å². The summed E-state index contributed by atoms with van der Waals surface area (Å²) in [5.74, 6) is 0.248. The number of carbonyl (C=O) groups excluding carboxylic acids is 2. The lowest BCUT2D eigenvalue weighted by Crippen LogP contribution is -2.48. The quantitative estimate of drug-likeness (QED) is 0.350. The monoisotopic (exact) mass is 548 g/mol. The number of halogens is 3. The molecule has 9 heteroatoms. The van der Waals surface area contributed by atoms with Crippen molar-refractivity contribution in [2.45, 2.75) is 31.3 Å². The Kier molecular flexibility index (Phi) is 7.26. The van der Waals surface area contributed by atoms with Gasteiger partial charge in [0.05, 0.1) is 6.04 Å². The molecule has 0 bridgehead atoms. The number of rotatable bonds is 7. The maximum atomic E-state index is 13.7. The van der Waals surface area contributed by atoms with Crippen LogP contribution in [0.1, 0.15) is 34.9 Å². The molecular weight excluding hydrogens is 527 g/mol. The first-order chi connectivity index (χ1) is 16.9. The lowest BCUT2D eigenvalue weighted by Gasteiger charge is -2.38. The molecule has 1 aliphatic carbocycles. The van der Waals surface area contributed by atoms with Crippen molar-refractivity contribution in [2.24, 2.45) is 0 Å². The van der Waals surface area contributed by atoms with E-state index in [-0.39, 0.29) is 37.0 Å². The van der Waals surface area contributed by atoms with Crippen molar-refractivity contribution in [3.05, 3.63) is 85.0 Å². The average molecular weight is 550 g/mol. The highest BCUT2D eigenvalue weighted by Crippen LogP contribution is 2.41. The van der Waals surface area contributed by atoms with Crippen LogP contribution in [0.3, 0.4) is 0 Å². The number of hydrogen-bond acceptors (Lipinski definition) is 4. The Bertz CT molecular complexity index is 1240. The average Bonchev–Trinajstić information content (AvgIpc) is 3.57. The van der Waals surface area contributed by atoms with E-state index in [2.05, 4.69) is 6.07 Å². The molecule has 2 heterocycles. The van der Waals surface area contributed by atoms with Crippen LogP contribution < -0.4 is 4.74 Å². The summed E-state index contributed by atoms with van der Waals surface area (Å²) in [6.45, 7) is 0.436.